The van der Waals surface area contributed by atoms with Crippen LogP contribution in [0.2, 0.25) is 0 Å². The van der Waals surface area contributed by atoms with E-state index in [4.69, 9.17) is 0 Å². The summed E-state index contributed by atoms with van der Waals surface area (Å²) in [6.07, 6.45) is 2.05. The highest BCUT2D eigenvalue weighted by atomic mass is 32.5. The molecule has 0 unspecified atom stereocenters. The lowest BCUT2D eigenvalue weighted by Crippen LogP contribution is -2.27. The van der Waals surface area contributed by atoms with Crippen LogP contribution in [0.15, 0.2) is 34.7 Å². The summed E-state index contributed by atoms with van der Waals surface area (Å²) in [7, 11) is 2.93. The summed E-state index contributed by atoms with van der Waals surface area (Å²) in [6.45, 7) is 0. The first-order valence-electron chi connectivity index (χ1n) is 3.76. The molecule has 0 saturated carbocycles. The molecule has 0 spiro atoms. The Labute approximate surface area is 86.5 Å². The molecular weight excluding hydrogens is 219 g/mol. The number of aromatic nitrogens is 2. The summed E-state index contributed by atoms with van der Waals surface area (Å²) in [4.78, 5) is 0. The molecule has 2 aromatic rings. The second-order valence-corrected chi connectivity index (χ2v) is 5.57. The molecule has 0 aliphatic rings. The molecule has 0 radical (unpaired) electrons. The zero-order valence-electron chi connectivity index (χ0n) is 7.04. The van der Waals surface area contributed by atoms with Crippen molar-refractivity contribution in [3.8, 4) is 5.69 Å². The van der Waals surface area contributed by atoms with E-state index in [1.54, 1.807) is 22.7 Å². The Morgan fingerprint density at radius 2 is 2.15 bits per heavy atom. The predicted molar refractivity (Wildman–Crippen MR) is 57.9 cm³/mol. The minimum Gasteiger partial charge on any atom is -0.0923 e. The zero-order valence-corrected chi connectivity index (χ0v) is 9.57. The highest BCUT2D eigenvalue weighted by Crippen LogP contribution is 2.22. The average Bonchev–Trinajstić information content (AvgIpc) is 2.67. The maximum absolute atomic E-state index is 4.44. The molecule has 0 aliphatic heterocycles. The summed E-state index contributed by atoms with van der Waals surface area (Å²) < 4.78 is 3.13. The molecule has 5 heteroatoms. The molecule has 0 amide bonds. The maximum Gasteiger partial charge on any atom is 0.353 e. The van der Waals surface area contributed by atoms with Crippen molar-refractivity contribution in [3.05, 3.63) is 30.3 Å². The van der Waals surface area contributed by atoms with Gasteiger partial charge in [-0.25, -0.2) is 0 Å². The number of hydrogen-bond acceptors (Lipinski definition) is 3. The first-order chi connectivity index (χ1) is 6.40. The molecule has 1 heterocycles. The predicted octanol–water partition coefficient (Wildman–Crippen LogP) is 2.72. The van der Waals surface area contributed by atoms with Crippen LogP contribution in [0.1, 0.15) is 0 Å². The van der Waals surface area contributed by atoms with Gasteiger partial charge in [0.2, 0.25) is 10.0 Å². The van der Waals surface area contributed by atoms with Crippen molar-refractivity contribution < 1.29 is 4.44 Å². The van der Waals surface area contributed by atoms with Crippen LogP contribution < -0.4 is 4.44 Å². The summed E-state index contributed by atoms with van der Waals surface area (Å²) in [5.41, 5.74) is 1.15. The third-order valence-electron chi connectivity index (χ3n) is 1.53. The highest BCUT2D eigenvalue weighted by Gasteiger charge is 2.12. The fourth-order valence-corrected chi connectivity index (χ4v) is 4.05. The van der Waals surface area contributed by atoms with Gasteiger partial charge in [0.1, 0.15) is 0 Å². The largest absolute Gasteiger partial charge is 0.353 e. The second-order valence-electron chi connectivity index (χ2n) is 2.37. The summed E-state index contributed by atoms with van der Waals surface area (Å²) in [5, 5.41) is 4.44. The van der Waals surface area contributed by atoms with Crippen molar-refractivity contribution in [2.24, 2.45) is 0 Å². The van der Waals surface area contributed by atoms with E-state index in [1.807, 2.05) is 22.6 Å². The maximum atomic E-state index is 4.44. The first-order valence-corrected chi connectivity index (χ1v) is 7.25. The molecule has 1 aromatic heterocycles. The van der Waals surface area contributed by atoms with Gasteiger partial charge in [0.25, 0.3) is 0 Å². The van der Waals surface area contributed by atoms with E-state index in [9.17, 15) is 0 Å². The van der Waals surface area contributed by atoms with Gasteiger partial charge in [0, 0.05) is 17.2 Å². The Morgan fingerprint density at radius 1 is 1.38 bits per heavy atom. The quantitative estimate of drug-likeness (QED) is 0.734. The van der Waals surface area contributed by atoms with Gasteiger partial charge in [0.05, 0.1) is 0 Å². The molecule has 1 aromatic carbocycles. The van der Waals surface area contributed by atoms with Gasteiger partial charge in [-0.2, -0.15) is 0 Å². The summed E-state index contributed by atoms with van der Waals surface area (Å²) in [6, 6.07) is 10.2. The number of benzene rings is 1. The monoisotopic (exact) mass is 227 g/mol. The van der Waals surface area contributed by atoms with Crippen LogP contribution in [0, 0.1) is 0 Å². The van der Waals surface area contributed by atoms with E-state index in [1.165, 1.54) is 7.53 Å². The molecule has 0 bridgehead atoms. The van der Waals surface area contributed by atoms with E-state index in [-0.39, 0.29) is 0 Å². The van der Waals surface area contributed by atoms with Crippen molar-refractivity contribution in [3.63, 3.8) is 0 Å². The van der Waals surface area contributed by atoms with Crippen LogP contribution in [0.25, 0.3) is 5.69 Å². The Morgan fingerprint density at radius 3 is 2.77 bits per heavy atom. The number of rotatable bonds is 2. The van der Waals surface area contributed by atoms with E-state index in [0.29, 0.717) is 0 Å². The summed E-state index contributed by atoms with van der Waals surface area (Å²) >= 11 is 1.70. The minimum atomic E-state index is 1.13. The van der Waals surface area contributed by atoms with E-state index in [0.717, 1.165) is 10.0 Å². The Hall–Kier alpha value is -0.440. The van der Waals surface area contributed by atoms with Crippen molar-refractivity contribution in [1.29, 1.82) is 0 Å². The van der Waals surface area contributed by atoms with Crippen molar-refractivity contribution >= 4 is 30.2 Å². The van der Waals surface area contributed by atoms with Crippen LogP contribution >= 0.6 is 30.2 Å². The van der Waals surface area contributed by atoms with Crippen LogP contribution in [-0.4, -0.2) is 11.4 Å². The van der Waals surface area contributed by atoms with Gasteiger partial charge in [-0.3, -0.25) is 0 Å². The lowest BCUT2D eigenvalue weighted by atomic mass is 10.3. The van der Waals surface area contributed by atoms with Gasteiger partial charge in [-0.1, -0.05) is 30.0 Å². The third kappa shape index (κ3) is 2.08. The molecule has 2 rings (SSSR count). The smallest absolute Gasteiger partial charge is 0.0923 e. The molecular formula is C8H8N2PS2+. The molecule has 0 atom stereocenters. The average molecular weight is 227 g/mol. The lowest BCUT2D eigenvalue weighted by molar-refractivity contribution is -0.589. The Kier molecular flexibility index (Phi) is 2.94. The van der Waals surface area contributed by atoms with E-state index >= 15 is 0 Å². The second kappa shape index (κ2) is 4.18. The van der Waals surface area contributed by atoms with Crippen LogP contribution in [-0.2, 0) is 0 Å². The number of thioether (sulfide) groups is 1. The SMILES string of the molecule is CSc1n[n+](-c2ccccc2)ps1. The van der Waals surface area contributed by atoms with Gasteiger partial charge in [0.15, 0.2) is 0 Å². The fraction of sp³-hybridized carbons (Fsp3) is 0.125. The molecule has 0 N–H and O–H groups in total. The van der Waals surface area contributed by atoms with Gasteiger partial charge < -0.3 is 0 Å². The van der Waals surface area contributed by atoms with Crippen molar-refractivity contribution in [1.82, 2.24) is 5.10 Å². The van der Waals surface area contributed by atoms with E-state index in [2.05, 4.69) is 23.5 Å². The lowest BCUT2D eigenvalue weighted by Gasteiger charge is -1.84. The Bertz CT molecular complexity index is 388. The standard InChI is InChI=1S/C8H8N2PS2/c1-12-8-9-10(11-13-8)7-5-3-2-4-6-7/h2-6H,1H3/q+1. The third-order valence-corrected chi connectivity index (χ3v) is 5.11. The van der Waals surface area contributed by atoms with Gasteiger partial charge in [-0.05, 0) is 21.6 Å². The normalized spacial score (nSPS) is 10.8. The first kappa shape index (κ1) is 9.13. The van der Waals surface area contributed by atoms with Crippen molar-refractivity contribution in [2.45, 2.75) is 4.34 Å². The van der Waals surface area contributed by atoms with Crippen molar-refractivity contribution in [2.75, 3.05) is 6.26 Å². The molecule has 0 fully saturated rings. The van der Waals surface area contributed by atoms with Gasteiger partial charge >= 0.3 is 7.53 Å². The van der Waals surface area contributed by atoms with E-state index < -0.39 is 0 Å². The zero-order chi connectivity index (χ0) is 9.10. The Balaban J connectivity index is 2.36. The number of hydrogen-bond donors (Lipinski definition) is 0. The molecule has 66 valence electrons. The van der Waals surface area contributed by atoms with Crippen LogP contribution in [0.3, 0.4) is 0 Å². The van der Waals surface area contributed by atoms with Crippen LogP contribution in [0.4, 0.5) is 0 Å². The summed E-state index contributed by atoms with van der Waals surface area (Å²) in [5.74, 6) is 0. The number of para-hydroxylation sites is 1. The highest BCUT2D eigenvalue weighted by molar-refractivity contribution is 8.02. The molecule has 0 saturated heterocycles. The molecule has 13 heavy (non-hydrogen) atoms. The molecule has 0 aliphatic carbocycles. The van der Waals surface area contributed by atoms with Crippen LogP contribution in [0.5, 0.6) is 0 Å². The number of nitrogens with zero attached hydrogens (tertiary/aromatic N) is 2. The fourth-order valence-electron chi connectivity index (χ4n) is 0.932. The van der Waals surface area contributed by atoms with Gasteiger partial charge in [-0.15, -0.1) is 0 Å². The minimum absolute atomic E-state index is 1.13. The molecule has 2 nitrogen and oxygen atoms in total. The topological polar surface area (TPSA) is 16.8 Å².